The molecule has 0 aliphatic rings. The molecule has 0 spiro atoms. The standard InChI is InChI=1S/C35H34N4/c1-3-34(2,37)30-21-13-14-26(24-30)31-22-23-38-33(32(31)25-36)39-35(27-15-7-4-8-16-27,28-17-9-5-10-18-28)29-19-11-6-12-20-29/h4-25,36H,3,37H2,1-2H3,(H,38,39). The number of nitrogens with two attached hydrogens (primary N) is 1. The minimum absolute atomic E-state index is 0.432. The van der Waals surface area contributed by atoms with E-state index in [1.54, 1.807) is 0 Å². The summed E-state index contributed by atoms with van der Waals surface area (Å²) in [5.41, 5.74) is 12.4. The molecule has 0 aliphatic carbocycles. The predicted molar refractivity (Wildman–Crippen MR) is 162 cm³/mol. The number of hydrogen-bond acceptors (Lipinski definition) is 4. The van der Waals surface area contributed by atoms with E-state index >= 15 is 0 Å². The molecular formula is C35H34N4. The predicted octanol–water partition coefficient (Wildman–Crippen LogP) is 7.73. The topological polar surface area (TPSA) is 74.8 Å². The van der Waals surface area contributed by atoms with E-state index in [0.717, 1.165) is 45.4 Å². The molecular weight excluding hydrogens is 476 g/mol. The van der Waals surface area contributed by atoms with Gasteiger partial charge in [0.2, 0.25) is 0 Å². The highest BCUT2D eigenvalue weighted by molar-refractivity contribution is 5.94. The van der Waals surface area contributed by atoms with E-state index in [2.05, 4.69) is 110 Å². The van der Waals surface area contributed by atoms with Crippen molar-refractivity contribution in [1.82, 2.24) is 4.98 Å². The maximum atomic E-state index is 8.48. The summed E-state index contributed by atoms with van der Waals surface area (Å²) >= 11 is 0. The molecule has 0 radical (unpaired) electrons. The van der Waals surface area contributed by atoms with Crippen molar-refractivity contribution < 1.29 is 0 Å². The number of benzene rings is 4. The van der Waals surface area contributed by atoms with Crippen LogP contribution < -0.4 is 11.1 Å². The van der Waals surface area contributed by atoms with Crippen LogP contribution in [0.4, 0.5) is 5.82 Å². The maximum absolute atomic E-state index is 8.48. The largest absolute Gasteiger partial charge is 0.352 e. The van der Waals surface area contributed by atoms with E-state index in [1.807, 2.05) is 36.5 Å². The van der Waals surface area contributed by atoms with E-state index in [-0.39, 0.29) is 0 Å². The molecule has 0 fully saturated rings. The van der Waals surface area contributed by atoms with E-state index in [1.165, 1.54) is 6.21 Å². The molecule has 1 aromatic heterocycles. The summed E-state index contributed by atoms with van der Waals surface area (Å²) in [5, 5.41) is 12.3. The molecule has 5 aromatic rings. The van der Waals surface area contributed by atoms with E-state index in [4.69, 9.17) is 16.1 Å². The summed E-state index contributed by atoms with van der Waals surface area (Å²) in [6, 6.07) is 41.5. The fraction of sp³-hybridized carbons (Fsp3) is 0.143. The van der Waals surface area contributed by atoms with Crippen molar-refractivity contribution in [3.8, 4) is 11.1 Å². The van der Waals surface area contributed by atoms with Crippen LogP contribution in [0.3, 0.4) is 0 Å². The molecule has 4 N–H and O–H groups in total. The van der Waals surface area contributed by atoms with Crippen molar-refractivity contribution in [1.29, 1.82) is 5.41 Å². The summed E-state index contributed by atoms with van der Waals surface area (Å²) in [6.45, 7) is 4.15. The van der Waals surface area contributed by atoms with Gasteiger partial charge in [-0.05, 0) is 58.9 Å². The number of nitrogens with one attached hydrogen (secondary N) is 2. The first kappa shape index (κ1) is 26.1. The third kappa shape index (κ3) is 4.99. The molecule has 0 saturated carbocycles. The van der Waals surface area contributed by atoms with Gasteiger partial charge in [-0.2, -0.15) is 0 Å². The lowest BCUT2D eigenvalue weighted by atomic mass is 9.77. The third-order valence-electron chi connectivity index (χ3n) is 7.63. The van der Waals surface area contributed by atoms with Gasteiger partial charge in [-0.25, -0.2) is 4.98 Å². The van der Waals surface area contributed by atoms with Crippen LogP contribution in [-0.4, -0.2) is 11.2 Å². The summed E-state index contributed by atoms with van der Waals surface area (Å²) in [6.07, 6.45) is 4.03. The minimum atomic E-state index is -0.743. The zero-order valence-corrected chi connectivity index (χ0v) is 22.4. The van der Waals surface area contributed by atoms with Gasteiger partial charge in [-0.3, -0.25) is 0 Å². The lowest BCUT2D eigenvalue weighted by Gasteiger charge is -2.38. The van der Waals surface area contributed by atoms with Gasteiger partial charge in [0, 0.05) is 23.5 Å². The molecule has 0 amide bonds. The molecule has 0 saturated heterocycles. The zero-order valence-electron chi connectivity index (χ0n) is 22.4. The van der Waals surface area contributed by atoms with Crippen molar-refractivity contribution in [2.75, 3.05) is 5.32 Å². The van der Waals surface area contributed by atoms with Crippen LogP contribution in [0.1, 0.15) is 48.1 Å². The number of rotatable bonds is 9. The SMILES string of the molecule is CCC(C)(N)c1cccc(-c2ccnc(NC(c3ccccc3)(c3ccccc3)c3ccccc3)c2C=N)c1. The van der Waals surface area contributed by atoms with Crippen molar-refractivity contribution >= 4 is 12.0 Å². The first-order valence-electron chi connectivity index (χ1n) is 13.3. The fourth-order valence-electron chi connectivity index (χ4n) is 5.18. The van der Waals surface area contributed by atoms with Gasteiger partial charge in [0.05, 0.1) is 0 Å². The molecule has 1 heterocycles. The minimum Gasteiger partial charge on any atom is -0.352 e. The van der Waals surface area contributed by atoms with Crippen LogP contribution in [0.5, 0.6) is 0 Å². The zero-order chi connectivity index (χ0) is 27.3. The first-order chi connectivity index (χ1) is 19.0. The van der Waals surface area contributed by atoms with Crippen LogP contribution in [0.15, 0.2) is 128 Å². The Morgan fingerprint density at radius 3 is 1.74 bits per heavy atom. The molecule has 39 heavy (non-hydrogen) atoms. The summed E-state index contributed by atoms with van der Waals surface area (Å²) in [7, 11) is 0. The highest BCUT2D eigenvalue weighted by atomic mass is 15.1. The number of hydrogen-bond donors (Lipinski definition) is 3. The average Bonchev–Trinajstić information content (AvgIpc) is 3.01. The second kappa shape index (κ2) is 11.1. The Balaban J connectivity index is 1.73. The van der Waals surface area contributed by atoms with Gasteiger partial charge in [0.25, 0.3) is 0 Å². The first-order valence-corrected chi connectivity index (χ1v) is 13.3. The van der Waals surface area contributed by atoms with Crippen LogP contribution in [-0.2, 0) is 11.1 Å². The van der Waals surface area contributed by atoms with Gasteiger partial charge in [0.15, 0.2) is 0 Å². The van der Waals surface area contributed by atoms with Crippen LogP contribution in [0.25, 0.3) is 11.1 Å². The maximum Gasteiger partial charge on any atom is 0.136 e. The lowest BCUT2D eigenvalue weighted by molar-refractivity contribution is 0.476. The lowest BCUT2D eigenvalue weighted by Crippen LogP contribution is -2.38. The Morgan fingerprint density at radius 2 is 1.26 bits per heavy atom. The van der Waals surface area contributed by atoms with Crippen molar-refractivity contribution in [2.24, 2.45) is 5.73 Å². The number of aromatic nitrogens is 1. The molecule has 0 aliphatic heterocycles. The van der Waals surface area contributed by atoms with Gasteiger partial charge in [-0.1, -0.05) is 116 Å². The average molecular weight is 511 g/mol. The van der Waals surface area contributed by atoms with E-state index in [0.29, 0.717) is 5.82 Å². The molecule has 194 valence electrons. The van der Waals surface area contributed by atoms with Crippen molar-refractivity contribution in [3.63, 3.8) is 0 Å². The Kier molecular flexibility index (Phi) is 7.40. The second-order valence-corrected chi connectivity index (χ2v) is 10.1. The molecule has 4 aromatic carbocycles. The second-order valence-electron chi connectivity index (χ2n) is 10.1. The highest BCUT2D eigenvalue weighted by Gasteiger charge is 2.37. The highest BCUT2D eigenvalue weighted by Crippen LogP contribution is 2.41. The Labute approximate surface area is 231 Å². The van der Waals surface area contributed by atoms with Gasteiger partial charge in [0.1, 0.15) is 11.4 Å². The number of pyridine rings is 1. The Hall–Kier alpha value is -4.54. The normalized spacial score (nSPS) is 12.9. The summed E-state index contributed by atoms with van der Waals surface area (Å²) in [5.74, 6) is 0.635. The fourth-order valence-corrected chi connectivity index (χ4v) is 5.18. The summed E-state index contributed by atoms with van der Waals surface area (Å²) < 4.78 is 0. The molecule has 4 heteroatoms. The third-order valence-corrected chi connectivity index (χ3v) is 7.63. The summed E-state index contributed by atoms with van der Waals surface area (Å²) in [4.78, 5) is 4.80. The molecule has 4 nitrogen and oxygen atoms in total. The molecule has 1 atom stereocenters. The number of anilines is 1. The Bertz CT molecular complexity index is 1450. The van der Waals surface area contributed by atoms with Gasteiger partial charge in [-0.15, -0.1) is 0 Å². The van der Waals surface area contributed by atoms with E-state index < -0.39 is 11.1 Å². The van der Waals surface area contributed by atoms with Gasteiger partial charge < -0.3 is 16.5 Å². The van der Waals surface area contributed by atoms with Gasteiger partial charge >= 0.3 is 0 Å². The quantitative estimate of drug-likeness (QED) is 0.140. The molecule has 5 rings (SSSR count). The Morgan fingerprint density at radius 1 is 0.744 bits per heavy atom. The monoisotopic (exact) mass is 510 g/mol. The molecule has 0 bridgehead atoms. The smallest absolute Gasteiger partial charge is 0.136 e. The number of nitrogens with zero attached hydrogens (tertiary/aromatic N) is 1. The molecule has 1 unspecified atom stereocenters. The van der Waals surface area contributed by atoms with Crippen LogP contribution >= 0.6 is 0 Å². The van der Waals surface area contributed by atoms with Crippen molar-refractivity contribution in [2.45, 2.75) is 31.3 Å². The van der Waals surface area contributed by atoms with Crippen molar-refractivity contribution in [3.05, 3.63) is 155 Å². The van der Waals surface area contributed by atoms with E-state index in [9.17, 15) is 0 Å². The van der Waals surface area contributed by atoms with Crippen LogP contribution in [0.2, 0.25) is 0 Å². The van der Waals surface area contributed by atoms with Crippen LogP contribution in [0, 0.1) is 5.41 Å².